The molecule has 24 heavy (non-hydrogen) atoms. The Morgan fingerprint density at radius 2 is 1.12 bits per heavy atom. The number of benzene rings is 5. The predicted molar refractivity (Wildman–Crippen MR) is 103 cm³/mol. The number of hydrogen-bond donors (Lipinski definition) is 0. The van der Waals surface area contributed by atoms with E-state index >= 15 is 0 Å². The molecule has 0 heterocycles. The molecule has 5 aromatic rings. The molecule has 0 atom stereocenters. The first-order valence-corrected chi connectivity index (χ1v) is 8.22. The summed E-state index contributed by atoms with van der Waals surface area (Å²) < 4.78 is 0. The van der Waals surface area contributed by atoms with Crippen LogP contribution in [0.3, 0.4) is 0 Å². The topological polar surface area (TPSA) is 0 Å². The summed E-state index contributed by atoms with van der Waals surface area (Å²) in [5.74, 6) is 0. The van der Waals surface area contributed by atoms with Gasteiger partial charge in [0.2, 0.25) is 0 Å². The van der Waals surface area contributed by atoms with Crippen molar-refractivity contribution in [3.8, 4) is 11.1 Å². The average molecular weight is 303 g/mol. The van der Waals surface area contributed by atoms with Crippen molar-refractivity contribution >= 4 is 32.3 Å². The zero-order chi connectivity index (χ0) is 15.9. The molecule has 0 bridgehead atoms. The Labute approximate surface area is 141 Å². The monoisotopic (exact) mass is 303 g/mol. The maximum absolute atomic E-state index is 3.36. The van der Waals surface area contributed by atoms with Gasteiger partial charge in [0.05, 0.1) is 0 Å². The molecule has 0 unspecified atom stereocenters. The molecule has 5 aromatic carbocycles. The van der Waals surface area contributed by atoms with E-state index in [1.54, 1.807) is 0 Å². The molecular formula is C24H15. The van der Waals surface area contributed by atoms with Crippen LogP contribution in [0.25, 0.3) is 43.4 Å². The summed E-state index contributed by atoms with van der Waals surface area (Å²) in [4.78, 5) is 0. The van der Waals surface area contributed by atoms with E-state index in [0.29, 0.717) is 0 Å². The Balaban J connectivity index is 2.04. The van der Waals surface area contributed by atoms with Crippen LogP contribution < -0.4 is 0 Å². The predicted octanol–water partition coefficient (Wildman–Crippen LogP) is 6.61. The van der Waals surface area contributed by atoms with E-state index in [0.717, 1.165) is 5.39 Å². The van der Waals surface area contributed by atoms with Crippen LogP contribution >= 0.6 is 0 Å². The average Bonchev–Trinajstić information content (AvgIpc) is 2.66. The Hall–Kier alpha value is -3.12. The van der Waals surface area contributed by atoms with Gasteiger partial charge in [0, 0.05) is 0 Å². The van der Waals surface area contributed by atoms with Gasteiger partial charge >= 0.3 is 0 Å². The minimum absolute atomic E-state index is 1.16. The Morgan fingerprint density at radius 3 is 1.83 bits per heavy atom. The van der Waals surface area contributed by atoms with Crippen LogP contribution in [0.5, 0.6) is 0 Å². The lowest BCUT2D eigenvalue weighted by atomic mass is 9.89. The van der Waals surface area contributed by atoms with Gasteiger partial charge < -0.3 is 0 Å². The molecular weight excluding hydrogens is 288 g/mol. The van der Waals surface area contributed by atoms with Gasteiger partial charge in [-0.05, 0) is 55.6 Å². The SMILES string of the molecule is [c]1ccc(-c2c3ccccc3cc3ccccc23)c2ccccc12. The van der Waals surface area contributed by atoms with Crippen molar-refractivity contribution in [2.45, 2.75) is 0 Å². The van der Waals surface area contributed by atoms with Crippen LogP contribution in [0, 0.1) is 6.07 Å². The Kier molecular flexibility index (Phi) is 2.89. The first-order valence-electron chi connectivity index (χ1n) is 8.22. The fourth-order valence-electron chi connectivity index (χ4n) is 3.67. The molecule has 0 aliphatic carbocycles. The smallest absolute Gasteiger partial charge is 0.00206 e. The molecule has 0 fully saturated rings. The van der Waals surface area contributed by atoms with Gasteiger partial charge in [-0.3, -0.25) is 0 Å². The number of rotatable bonds is 1. The fraction of sp³-hybridized carbons (Fsp3) is 0. The molecule has 0 spiro atoms. The lowest BCUT2D eigenvalue weighted by molar-refractivity contribution is 1.70. The molecule has 111 valence electrons. The maximum Gasteiger partial charge on any atom is -0.00206 e. The Morgan fingerprint density at radius 1 is 0.542 bits per heavy atom. The molecule has 1 radical (unpaired) electrons. The zero-order valence-electron chi connectivity index (χ0n) is 13.2. The van der Waals surface area contributed by atoms with E-state index in [1.165, 1.54) is 38.1 Å². The summed E-state index contributed by atoms with van der Waals surface area (Å²) in [6.07, 6.45) is 0. The molecule has 0 nitrogen and oxygen atoms in total. The van der Waals surface area contributed by atoms with Gasteiger partial charge in [0.25, 0.3) is 0 Å². The second-order valence-electron chi connectivity index (χ2n) is 6.13. The molecule has 0 N–H and O–H groups in total. The third-order valence-corrected chi connectivity index (χ3v) is 4.75. The van der Waals surface area contributed by atoms with Gasteiger partial charge in [-0.25, -0.2) is 0 Å². The first-order chi connectivity index (χ1) is 11.9. The van der Waals surface area contributed by atoms with E-state index in [1.807, 2.05) is 6.07 Å². The highest BCUT2D eigenvalue weighted by Gasteiger charge is 2.11. The van der Waals surface area contributed by atoms with Crippen LogP contribution in [0.2, 0.25) is 0 Å². The van der Waals surface area contributed by atoms with E-state index in [4.69, 9.17) is 0 Å². The molecule has 0 amide bonds. The summed E-state index contributed by atoms with van der Waals surface area (Å²) in [7, 11) is 0. The summed E-state index contributed by atoms with van der Waals surface area (Å²) in [6, 6.07) is 35.7. The van der Waals surface area contributed by atoms with Crippen molar-refractivity contribution in [1.82, 2.24) is 0 Å². The normalized spacial score (nSPS) is 11.3. The highest BCUT2D eigenvalue weighted by molar-refractivity contribution is 6.16. The molecule has 0 heteroatoms. The van der Waals surface area contributed by atoms with Crippen molar-refractivity contribution < 1.29 is 0 Å². The van der Waals surface area contributed by atoms with Crippen molar-refractivity contribution in [3.63, 3.8) is 0 Å². The lowest BCUT2D eigenvalue weighted by Crippen LogP contribution is -1.87. The van der Waals surface area contributed by atoms with E-state index in [-0.39, 0.29) is 0 Å². The van der Waals surface area contributed by atoms with E-state index < -0.39 is 0 Å². The lowest BCUT2D eigenvalue weighted by Gasteiger charge is -2.14. The van der Waals surface area contributed by atoms with Crippen LogP contribution in [0.1, 0.15) is 0 Å². The quantitative estimate of drug-likeness (QED) is 0.305. The van der Waals surface area contributed by atoms with Crippen LogP contribution in [0.4, 0.5) is 0 Å². The molecule has 0 aliphatic heterocycles. The first kappa shape index (κ1) is 13.3. The minimum Gasteiger partial charge on any atom is -0.0616 e. The standard InChI is InChI=1S/C24H15/c1-4-12-20-17(8-1)11-7-15-23(20)24-21-13-5-2-9-18(21)16-19-10-3-6-14-22(19)24/h1-10,12-16H. The van der Waals surface area contributed by atoms with Crippen LogP contribution in [-0.4, -0.2) is 0 Å². The Bertz CT molecular complexity index is 1140. The molecule has 5 rings (SSSR count). The highest BCUT2D eigenvalue weighted by Crippen LogP contribution is 2.39. The van der Waals surface area contributed by atoms with Crippen molar-refractivity contribution in [2.75, 3.05) is 0 Å². The van der Waals surface area contributed by atoms with E-state index in [9.17, 15) is 0 Å². The number of hydrogen-bond acceptors (Lipinski definition) is 0. The van der Waals surface area contributed by atoms with Gasteiger partial charge in [-0.15, -0.1) is 0 Å². The summed E-state index contributed by atoms with van der Waals surface area (Å²) in [5.41, 5.74) is 2.59. The third-order valence-electron chi connectivity index (χ3n) is 4.75. The van der Waals surface area contributed by atoms with Crippen molar-refractivity contribution in [1.29, 1.82) is 0 Å². The molecule has 0 aliphatic rings. The van der Waals surface area contributed by atoms with Gasteiger partial charge in [-0.2, -0.15) is 0 Å². The largest absolute Gasteiger partial charge is 0.0616 e. The van der Waals surface area contributed by atoms with Crippen LogP contribution in [-0.2, 0) is 0 Å². The summed E-state index contributed by atoms with van der Waals surface area (Å²) in [6.45, 7) is 0. The summed E-state index contributed by atoms with van der Waals surface area (Å²) >= 11 is 0. The highest BCUT2D eigenvalue weighted by atomic mass is 14.1. The second kappa shape index (κ2) is 5.21. The van der Waals surface area contributed by atoms with Crippen LogP contribution in [0.15, 0.2) is 91.0 Å². The molecule has 0 saturated carbocycles. The van der Waals surface area contributed by atoms with Crippen molar-refractivity contribution in [3.05, 3.63) is 97.1 Å². The fourth-order valence-corrected chi connectivity index (χ4v) is 3.67. The molecule has 0 aromatic heterocycles. The zero-order valence-corrected chi connectivity index (χ0v) is 13.2. The maximum atomic E-state index is 3.36. The van der Waals surface area contributed by atoms with Gasteiger partial charge in [0.15, 0.2) is 0 Å². The van der Waals surface area contributed by atoms with E-state index in [2.05, 4.69) is 91.0 Å². The van der Waals surface area contributed by atoms with Gasteiger partial charge in [0.1, 0.15) is 0 Å². The summed E-state index contributed by atoms with van der Waals surface area (Å²) in [5, 5.41) is 7.57. The minimum atomic E-state index is 1.16. The molecule has 0 saturated heterocycles. The van der Waals surface area contributed by atoms with Gasteiger partial charge in [-0.1, -0.05) is 84.9 Å². The third kappa shape index (κ3) is 1.93. The second-order valence-corrected chi connectivity index (χ2v) is 6.13. The van der Waals surface area contributed by atoms with Crippen molar-refractivity contribution in [2.24, 2.45) is 0 Å². The number of fused-ring (bicyclic) bond motifs is 3.